The number of allylic oxidation sites excluding steroid dienone is 1. The second-order valence-corrected chi connectivity index (χ2v) is 8.63. The molecule has 0 saturated carbocycles. The van der Waals surface area contributed by atoms with Crippen LogP contribution in [0.5, 0.6) is 0 Å². The molecule has 1 aliphatic heterocycles. The number of aromatic nitrogens is 3. The average Bonchev–Trinajstić information content (AvgIpc) is 3.36. The molecular weight excluding hydrogens is 468 g/mol. The normalized spacial score (nSPS) is 14.4. The van der Waals surface area contributed by atoms with Crippen LogP contribution in [0, 0.1) is 5.41 Å². The molecule has 37 heavy (non-hydrogen) atoms. The van der Waals surface area contributed by atoms with Crippen molar-refractivity contribution in [3.8, 4) is 0 Å². The second kappa shape index (κ2) is 11.0. The van der Waals surface area contributed by atoms with E-state index in [2.05, 4.69) is 30.5 Å². The van der Waals surface area contributed by atoms with Crippen LogP contribution < -0.4 is 16.4 Å². The van der Waals surface area contributed by atoms with Gasteiger partial charge in [0.15, 0.2) is 11.5 Å². The Kier molecular flexibility index (Phi) is 7.20. The highest BCUT2D eigenvalue weighted by molar-refractivity contribution is 6.12. The summed E-state index contributed by atoms with van der Waals surface area (Å²) >= 11 is 0. The minimum Gasteiger partial charge on any atom is -0.403 e. The van der Waals surface area contributed by atoms with Crippen LogP contribution in [0.25, 0.3) is 11.0 Å². The molecule has 0 atom stereocenters. The molecule has 4 aromatic rings. The number of imidazole rings is 1. The number of fused-ring (bicyclic) bond motifs is 1. The van der Waals surface area contributed by atoms with Crippen LogP contribution in [0.2, 0.25) is 0 Å². The van der Waals surface area contributed by atoms with Crippen molar-refractivity contribution in [2.45, 2.75) is 6.54 Å². The summed E-state index contributed by atoms with van der Waals surface area (Å²) in [4.78, 5) is 27.4. The molecule has 2 aromatic carbocycles. The maximum Gasteiger partial charge on any atom is 0.276 e. The van der Waals surface area contributed by atoms with Gasteiger partial charge < -0.3 is 26.1 Å². The topological polar surface area (TPSA) is 145 Å². The van der Waals surface area contributed by atoms with E-state index in [0.29, 0.717) is 11.5 Å². The van der Waals surface area contributed by atoms with Crippen LogP contribution in [-0.4, -0.2) is 57.8 Å². The molecule has 0 radical (unpaired) electrons. The molecule has 5 rings (SSSR count). The molecule has 0 spiro atoms. The van der Waals surface area contributed by atoms with E-state index in [0.717, 1.165) is 55.1 Å². The summed E-state index contributed by atoms with van der Waals surface area (Å²) in [6.07, 6.45) is 2.72. The lowest BCUT2D eigenvalue weighted by Crippen LogP contribution is -2.35. The Morgan fingerprint density at radius 3 is 2.73 bits per heavy atom. The van der Waals surface area contributed by atoms with Gasteiger partial charge in [-0.25, -0.2) is 9.97 Å². The Morgan fingerprint density at radius 1 is 1.14 bits per heavy atom. The molecule has 3 heterocycles. The average molecular weight is 497 g/mol. The number of ether oxygens (including phenoxy) is 1. The smallest absolute Gasteiger partial charge is 0.276 e. The number of hydrogen-bond donors (Lipinski definition) is 5. The number of pyridine rings is 1. The second-order valence-electron chi connectivity index (χ2n) is 8.63. The number of amides is 1. The number of aromatic amines is 1. The number of para-hydroxylation sites is 1. The molecule has 6 N–H and O–H groups in total. The van der Waals surface area contributed by atoms with Crippen LogP contribution in [0.3, 0.4) is 0 Å². The Morgan fingerprint density at radius 2 is 1.95 bits per heavy atom. The van der Waals surface area contributed by atoms with Gasteiger partial charge in [0.1, 0.15) is 5.71 Å². The van der Waals surface area contributed by atoms with E-state index in [4.69, 9.17) is 15.9 Å². The fourth-order valence-corrected chi connectivity index (χ4v) is 4.15. The predicted molar refractivity (Wildman–Crippen MR) is 143 cm³/mol. The Bertz CT molecular complexity index is 1440. The minimum atomic E-state index is -0.496. The van der Waals surface area contributed by atoms with Crippen LogP contribution in [0.4, 0.5) is 11.4 Å². The molecular formula is C27H28N8O2. The number of hydrogen-bond acceptors (Lipinski definition) is 8. The van der Waals surface area contributed by atoms with Crippen molar-refractivity contribution in [2.24, 2.45) is 5.73 Å². The third-order valence-electron chi connectivity index (χ3n) is 6.05. The van der Waals surface area contributed by atoms with Gasteiger partial charge >= 0.3 is 0 Å². The lowest BCUT2D eigenvalue weighted by atomic mass is 10.2. The predicted octanol–water partition coefficient (Wildman–Crippen LogP) is 3.13. The van der Waals surface area contributed by atoms with E-state index >= 15 is 0 Å². The molecule has 0 aliphatic carbocycles. The highest BCUT2D eigenvalue weighted by Crippen LogP contribution is 2.20. The first kappa shape index (κ1) is 24.2. The number of carbonyl (C=O) groups excluding carboxylic acids is 1. The fourth-order valence-electron chi connectivity index (χ4n) is 4.15. The molecule has 10 nitrogen and oxygen atoms in total. The molecule has 188 valence electrons. The molecule has 0 bridgehead atoms. The van der Waals surface area contributed by atoms with Crippen LogP contribution in [0.15, 0.2) is 78.8 Å². The number of nitrogens with two attached hydrogens (primary N) is 1. The number of anilines is 2. The first-order chi connectivity index (χ1) is 18.1. The van der Waals surface area contributed by atoms with Gasteiger partial charge in [0, 0.05) is 37.7 Å². The van der Waals surface area contributed by atoms with Gasteiger partial charge in [-0.15, -0.1) is 0 Å². The van der Waals surface area contributed by atoms with Crippen LogP contribution >= 0.6 is 0 Å². The van der Waals surface area contributed by atoms with Crippen molar-refractivity contribution < 1.29 is 9.53 Å². The number of benzene rings is 2. The van der Waals surface area contributed by atoms with Gasteiger partial charge in [-0.05, 0) is 42.0 Å². The van der Waals surface area contributed by atoms with Crippen molar-refractivity contribution in [3.63, 3.8) is 0 Å². The zero-order chi connectivity index (χ0) is 25.6. The maximum atomic E-state index is 13.1. The summed E-state index contributed by atoms with van der Waals surface area (Å²) in [6.45, 7) is 4.10. The molecule has 1 aliphatic rings. The zero-order valence-corrected chi connectivity index (χ0v) is 20.2. The monoisotopic (exact) mass is 496 g/mol. The third kappa shape index (κ3) is 5.66. The minimum absolute atomic E-state index is 0.0321. The summed E-state index contributed by atoms with van der Waals surface area (Å²) in [5.74, 6) is -0.191. The van der Waals surface area contributed by atoms with E-state index in [-0.39, 0.29) is 17.1 Å². The standard InChI is InChI=1S/C27H28N8O2/c28-16-23(34-27(36)25-21(7-4-10-30-25)31-19-5-2-1-3-6-19)24(29)26-32-20-9-8-18(15-22(20)33-26)17-35-11-13-37-14-12-35/h1-10,15-16,29,31H,11-14,17,28H2,(H,32,33)(H,34,36)/b23-16+,29-24?. The van der Waals surface area contributed by atoms with Crippen molar-refractivity contribution in [2.75, 3.05) is 31.6 Å². The third-order valence-corrected chi connectivity index (χ3v) is 6.05. The molecule has 10 heteroatoms. The van der Waals surface area contributed by atoms with E-state index in [1.807, 2.05) is 48.5 Å². The number of H-pyrrole nitrogens is 1. The van der Waals surface area contributed by atoms with E-state index in [1.54, 1.807) is 12.1 Å². The van der Waals surface area contributed by atoms with Crippen molar-refractivity contribution in [1.82, 2.24) is 25.2 Å². The molecule has 1 saturated heterocycles. The van der Waals surface area contributed by atoms with Gasteiger partial charge in [0.05, 0.1) is 35.6 Å². The number of morpholine rings is 1. The van der Waals surface area contributed by atoms with Gasteiger partial charge in [-0.1, -0.05) is 24.3 Å². The number of carbonyl (C=O) groups is 1. The van der Waals surface area contributed by atoms with E-state index in [9.17, 15) is 4.79 Å². The quantitative estimate of drug-likeness (QED) is 0.236. The fraction of sp³-hybridized carbons (Fsp3) is 0.185. The SMILES string of the molecule is N=C(/C(=C\N)NC(=O)c1ncccc1Nc1ccccc1)c1nc2cc(CN3CCOCC3)ccc2[nH]1. The van der Waals surface area contributed by atoms with Crippen molar-refractivity contribution in [1.29, 1.82) is 5.41 Å². The highest BCUT2D eigenvalue weighted by Gasteiger charge is 2.19. The highest BCUT2D eigenvalue weighted by atomic mass is 16.5. The summed E-state index contributed by atoms with van der Waals surface area (Å²) in [7, 11) is 0. The van der Waals surface area contributed by atoms with Crippen molar-refractivity contribution in [3.05, 3.63) is 95.8 Å². The van der Waals surface area contributed by atoms with Gasteiger partial charge in [-0.3, -0.25) is 15.1 Å². The zero-order valence-electron chi connectivity index (χ0n) is 20.2. The number of nitrogens with zero attached hydrogens (tertiary/aromatic N) is 3. The van der Waals surface area contributed by atoms with Crippen LogP contribution in [-0.2, 0) is 11.3 Å². The summed E-state index contributed by atoms with van der Waals surface area (Å²) in [5.41, 5.74) is 10.1. The largest absolute Gasteiger partial charge is 0.403 e. The van der Waals surface area contributed by atoms with E-state index in [1.165, 1.54) is 12.4 Å². The van der Waals surface area contributed by atoms with Gasteiger partial charge in [0.25, 0.3) is 5.91 Å². The summed E-state index contributed by atoms with van der Waals surface area (Å²) in [5, 5.41) is 14.6. The first-order valence-corrected chi connectivity index (χ1v) is 12.0. The van der Waals surface area contributed by atoms with Gasteiger partial charge in [0.2, 0.25) is 0 Å². The Balaban J connectivity index is 1.31. The Labute approximate surface area is 214 Å². The number of rotatable bonds is 8. The first-order valence-electron chi connectivity index (χ1n) is 12.0. The molecule has 2 aromatic heterocycles. The van der Waals surface area contributed by atoms with Crippen LogP contribution in [0.1, 0.15) is 21.9 Å². The lowest BCUT2D eigenvalue weighted by Gasteiger charge is -2.26. The summed E-state index contributed by atoms with van der Waals surface area (Å²) < 4.78 is 5.42. The molecule has 1 fully saturated rings. The molecule has 0 unspecified atom stereocenters. The molecule has 1 amide bonds. The number of nitrogens with one attached hydrogen (secondary N) is 4. The Hall–Kier alpha value is -4.54. The maximum absolute atomic E-state index is 13.1. The van der Waals surface area contributed by atoms with Crippen molar-refractivity contribution >= 4 is 34.0 Å². The van der Waals surface area contributed by atoms with E-state index < -0.39 is 5.91 Å². The van der Waals surface area contributed by atoms with Gasteiger partial charge in [-0.2, -0.15) is 0 Å². The summed E-state index contributed by atoms with van der Waals surface area (Å²) in [6, 6.07) is 19.0. The lowest BCUT2D eigenvalue weighted by molar-refractivity contribution is 0.0342.